The van der Waals surface area contributed by atoms with Gasteiger partial charge in [0.05, 0.1) is 12.8 Å². The molecule has 0 aliphatic heterocycles. The van der Waals surface area contributed by atoms with E-state index in [1.165, 1.54) is 0 Å². The summed E-state index contributed by atoms with van der Waals surface area (Å²) in [6.45, 7) is 0.355. The molecule has 0 aliphatic carbocycles. The zero-order valence-corrected chi connectivity index (χ0v) is 12.6. The van der Waals surface area contributed by atoms with E-state index in [1.807, 2.05) is 30.5 Å². The quantitative estimate of drug-likeness (QED) is 0.624. The van der Waals surface area contributed by atoms with Gasteiger partial charge in [-0.05, 0) is 30.3 Å². The van der Waals surface area contributed by atoms with Crippen LogP contribution in [0.2, 0.25) is 0 Å². The topological polar surface area (TPSA) is 85.3 Å². The molecule has 0 saturated heterocycles. The van der Waals surface area contributed by atoms with Gasteiger partial charge < -0.3 is 9.73 Å². The SMILES string of the molecule is O=C(NCc1ccco1)c1ccc(-c2nnc3ncccn23)cc1. The first-order valence-corrected chi connectivity index (χ1v) is 7.38. The molecule has 3 aromatic heterocycles. The van der Waals surface area contributed by atoms with Crippen LogP contribution in [0.5, 0.6) is 0 Å². The second kappa shape index (κ2) is 5.96. The Morgan fingerprint density at radius 1 is 1.12 bits per heavy atom. The number of fused-ring (bicyclic) bond motifs is 1. The van der Waals surface area contributed by atoms with Crippen molar-refractivity contribution in [3.05, 3.63) is 72.4 Å². The van der Waals surface area contributed by atoms with Crippen molar-refractivity contribution in [1.82, 2.24) is 24.9 Å². The van der Waals surface area contributed by atoms with Crippen molar-refractivity contribution in [3.8, 4) is 11.4 Å². The van der Waals surface area contributed by atoms with Gasteiger partial charge in [-0.25, -0.2) is 4.98 Å². The van der Waals surface area contributed by atoms with Gasteiger partial charge in [-0.15, -0.1) is 10.2 Å². The largest absolute Gasteiger partial charge is 0.467 e. The minimum absolute atomic E-state index is 0.161. The third-order valence-corrected chi connectivity index (χ3v) is 3.60. The Balaban J connectivity index is 1.53. The van der Waals surface area contributed by atoms with Crippen LogP contribution in [0, 0.1) is 0 Å². The number of benzene rings is 1. The zero-order chi connectivity index (χ0) is 16.4. The number of hydrogen-bond donors (Lipinski definition) is 1. The molecule has 7 nitrogen and oxygen atoms in total. The fourth-order valence-electron chi connectivity index (χ4n) is 2.39. The van der Waals surface area contributed by atoms with Crippen LogP contribution < -0.4 is 5.32 Å². The standard InChI is InChI=1S/C17H13N5O2/c23-16(19-11-14-3-1-10-24-14)13-6-4-12(5-7-13)15-20-21-17-18-8-2-9-22(15)17/h1-10H,11H2,(H,19,23). The third-order valence-electron chi connectivity index (χ3n) is 3.60. The molecule has 1 aromatic carbocycles. The summed E-state index contributed by atoms with van der Waals surface area (Å²) in [4.78, 5) is 16.3. The number of furan rings is 1. The second-order valence-corrected chi connectivity index (χ2v) is 5.15. The van der Waals surface area contributed by atoms with Crippen LogP contribution in [0.25, 0.3) is 17.2 Å². The van der Waals surface area contributed by atoms with Crippen molar-refractivity contribution in [2.45, 2.75) is 6.54 Å². The number of rotatable bonds is 4. The van der Waals surface area contributed by atoms with E-state index in [-0.39, 0.29) is 5.91 Å². The van der Waals surface area contributed by atoms with Gasteiger partial charge in [0.1, 0.15) is 5.76 Å². The predicted molar refractivity (Wildman–Crippen MR) is 86.1 cm³/mol. The lowest BCUT2D eigenvalue weighted by Gasteiger charge is -2.04. The Morgan fingerprint density at radius 2 is 2.00 bits per heavy atom. The fraction of sp³-hybridized carbons (Fsp3) is 0.0588. The fourth-order valence-corrected chi connectivity index (χ4v) is 2.39. The molecule has 0 saturated carbocycles. The average Bonchev–Trinajstić information content (AvgIpc) is 3.29. The molecule has 7 heteroatoms. The highest BCUT2D eigenvalue weighted by Crippen LogP contribution is 2.18. The number of carbonyl (C=O) groups is 1. The summed E-state index contributed by atoms with van der Waals surface area (Å²) in [5.41, 5.74) is 1.43. The van der Waals surface area contributed by atoms with Gasteiger partial charge in [0.25, 0.3) is 11.7 Å². The van der Waals surface area contributed by atoms with Crippen LogP contribution in [0.1, 0.15) is 16.1 Å². The van der Waals surface area contributed by atoms with Crippen LogP contribution in [0.4, 0.5) is 0 Å². The van der Waals surface area contributed by atoms with Crippen LogP contribution in [0.3, 0.4) is 0 Å². The van der Waals surface area contributed by atoms with Crippen molar-refractivity contribution in [3.63, 3.8) is 0 Å². The van der Waals surface area contributed by atoms with Crippen molar-refractivity contribution in [2.24, 2.45) is 0 Å². The molecule has 24 heavy (non-hydrogen) atoms. The lowest BCUT2D eigenvalue weighted by atomic mass is 10.1. The maximum atomic E-state index is 12.2. The van der Waals surface area contributed by atoms with Gasteiger partial charge in [-0.1, -0.05) is 12.1 Å². The van der Waals surface area contributed by atoms with E-state index in [0.29, 0.717) is 29.5 Å². The van der Waals surface area contributed by atoms with Crippen LogP contribution >= 0.6 is 0 Å². The van der Waals surface area contributed by atoms with Crippen LogP contribution in [0.15, 0.2) is 65.5 Å². The molecule has 0 aliphatic rings. The molecule has 3 heterocycles. The molecule has 0 spiro atoms. The number of nitrogens with zero attached hydrogens (tertiary/aromatic N) is 4. The van der Waals surface area contributed by atoms with Gasteiger partial charge in [-0.3, -0.25) is 9.20 Å². The summed E-state index contributed by atoms with van der Waals surface area (Å²) in [5.74, 6) is 1.77. The molecule has 0 bridgehead atoms. The average molecular weight is 319 g/mol. The van der Waals surface area contributed by atoms with Gasteiger partial charge in [0.15, 0.2) is 5.82 Å². The smallest absolute Gasteiger partial charge is 0.255 e. The monoisotopic (exact) mass is 319 g/mol. The van der Waals surface area contributed by atoms with Crippen molar-refractivity contribution in [1.29, 1.82) is 0 Å². The molecule has 1 amide bonds. The normalized spacial score (nSPS) is 10.8. The first kappa shape index (κ1) is 14.1. The third kappa shape index (κ3) is 2.63. The first-order chi connectivity index (χ1) is 11.8. The van der Waals surface area contributed by atoms with Crippen molar-refractivity contribution < 1.29 is 9.21 Å². The first-order valence-electron chi connectivity index (χ1n) is 7.38. The maximum absolute atomic E-state index is 12.2. The van der Waals surface area contributed by atoms with E-state index in [4.69, 9.17) is 4.42 Å². The van der Waals surface area contributed by atoms with E-state index >= 15 is 0 Å². The summed E-state index contributed by atoms with van der Waals surface area (Å²) in [6, 6.07) is 12.6. The van der Waals surface area contributed by atoms with E-state index in [2.05, 4.69) is 20.5 Å². The number of hydrogen-bond acceptors (Lipinski definition) is 5. The van der Waals surface area contributed by atoms with Crippen LogP contribution in [-0.4, -0.2) is 25.5 Å². The molecule has 1 N–H and O–H groups in total. The molecule has 0 atom stereocenters. The molecular weight excluding hydrogens is 306 g/mol. The number of nitrogens with one attached hydrogen (secondary N) is 1. The van der Waals surface area contributed by atoms with Crippen molar-refractivity contribution >= 4 is 11.7 Å². The highest BCUT2D eigenvalue weighted by molar-refractivity contribution is 5.94. The van der Waals surface area contributed by atoms with Gasteiger partial charge in [0.2, 0.25) is 0 Å². The van der Waals surface area contributed by atoms with Crippen LogP contribution in [-0.2, 0) is 6.54 Å². The number of aromatic nitrogens is 4. The van der Waals surface area contributed by atoms with Crippen molar-refractivity contribution in [2.75, 3.05) is 0 Å². The number of amides is 1. The highest BCUT2D eigenvalue weighted by atomic mass is 16.3. The van der Waals surface area contributed by atoms with E-state index in [0.717, 1.165) is 5.56 Å². The molecule has 0 unspecified atom stereocenters. The van der Waals surface area contributed by atoms with E-state index < -0.39 is 0 Å². The Labute approximate surface area is 137 Å². The zero-order valence-electron chi connectivity index (χ0n) is 12.6. The summed E-state index contributed by atoms with van der Waals surface area (Å²) in [7, 11) is 0. The molecule has 4 aromatic rings. The lowest BCUT2D eigenvalue weighted by molar-refractivity contribution is 0.0948. The predicted octanol–water partition coefficient (Wildman–Crippen LogP) is 2.31. The summed E-state index contributed by atoms with van der Waals surface area (Å²) in [6.07, 6.45) is 5.09. The minimum atomic E-state index is -0.161. The molecule has 4 rings (SSSR count). The van der Waals surface area contributed by atoms with Gasteiger partial charge in [-0.2, -0.15) is 0 Å². The molecule has 118 valence electrons. The van der Waals surface area contributed by atoms with E-state index in [1.54, 1.807) is 35.1 Å². The summed E-state index contributed by atoms with van der Waals surface area (Å²) >= 11 is 0. The Kier molecular flexibility index (Phi) is 3.51. The second-order valence-electron chi connectivity index (χ2n) is 5.15. The Morgan fingerprint density at radius 3 is 2.79 bits per heavy atom. The van der Waals surface area contributed by atoms with E-state index in [9.17, 15) is 4.79 Å². The molecule has 0 fully saturated rings. The number of carbonyl (C=O) groups excluding carboxylic acids is 1. The maximum Gasteiger partial charge on any atom is 0.255 e. The Hall–Kier alpha value is -3.48. The lowest BCUT2D eigenvalue weighted by Crippen LogP contribution is -2.22. The van der Waals surface area contributed by atoms with Gasteiger partial charge in [0, 0.05) is 23.5 Å². The Bertz CT molecular complexity index is 974. The minimum Gasteiger partial charge on any atom is -0.467 e. The molecule has 0 radical (unpaired) electrons. The summed E-state index contributed by atoms with van der Waals surface area (Å²) < 4.78 is 6.99. The van der Waals surface area contributed by atoms with Gasteiger partial charge >= 0.3 is 0 Å². The highest BCUT2D eigenvalue weighted by Gasteiger charge is 2.10. The molecular formula is C17H13N5O2. The summed E-state index contributed by atoms with van der Waals surface area (Å²) in [5, 5.41) is 11.0.